The Labute approximate surface area is 180 Å². The van der Waals surface area contributed by atoms with Crippen LogP contribution in [0.2, 0.25) is 0 Å². The van der Waals surface area contributed by atoms with E-state index in [4.69, 9.17) is 18.6 Å². The highest BCUT2D eigenvalue weighted by atomic mass is 16.6. The van der Waals surface area contributed by atoms with E-state index in [2.05, 4.69) is 0 Å². The Balaban J connectivity index is 1.79. The highest BCUT2D eigenvalue weighted by Gasteiger charge is 2.41. The van der Waals surface area contributed by atoms with Gasteiger partial charge < -0.3 is 18.6 Å². The molecule has 2 aromatic carbocycles. The number of aryl methyl sites for hydroxylation is 1. The van der Waals surface area contributed by atoms with Crippen molar-refractivity contribution in [3.05, 3.63) is 82.9 Å². The van der Waals surface area contributed by atoms with Gasteiger partial charge in [0.05, 0.1) is 14.2 Å². The lowest BCUT2D eigenvalue weighted by Crippen LogP contribution is -2.28. The maximum absolute atomic E-state index is 12.7. The number of furan rings is 1. The molecule has 160 valence electrons. The topological polar surface area (TPSA) is 78.2 Å². The molecule has 3 aromatic rings. The number of nitrogens with zero attached hydrogens (tertiary/aromatic N) is 1. The summed E-state index contributed by atoms with van der Waals surface area (Å²) in [6, 6.07) is 19.0. The Morgan fingerprint density at radius 3 is 2.35 bits per heavy atom. The number of methoxy groups -OCH3 is 2. The van der Waals surface area contributed by atoms with E-state index in [0.29, 0.717) is 18.4 Å². The van der Waals surface area contributed by atoms with Crippen LogP contribution >= 0.6 is 0 Å². The van der Waals surface area contributed by atoms with Crippen LogP contribution in [0.4, 0.5) is 10.7 Å². The fourth-order valence-corrected chi connectivity index (χ4v) is 3.79. The average molecular weight is 421 g/mol. The number of esters is 1. The largest absolute Gasteiger partial charge is 0.468 e. The van der Waals surface area contributed by atoms with Crippen LogP contribution < -0.4 is 9.64 Å². The molecule has 1 atom stereocenters. The van der Waals surface area contributed by atoms with Crippen LogP contribution in [0.25, 0.3) is 0 Å². The molecule has 0 spiro atoms. The lowest BCUT2D eigenvalue weighted by atomic mass is 10.0. The van der Waals surface area contributed by atoms with Gasteiger partial charge in [-0.2, -0.15) is 0 Å². The first-order valence-corrected chi connectivity index (χ1v) is 9.96. The molecule has 31 heavy (non-hydrogen) atoms. The predicted octanol–water partition coefficient (Wildman–Crippen LogP) is 4.56. The van der Waals surface area contributed by atoms with E-state index >= 15 is 0 Å². The van der Waals surface area contributed by atoms with Gasteiger partial charge in [0.2, 0.25) is 5.88 Å². The van der Waals surface area contributed by atoms with Crippen LogP contribution in [-0.4, -0.2) is 32.9 Å². The Morgan fingerprint density at radius 1 is 1.03 bits per heavy atom. The Bertz CT molecular complexity index is 1060. The van der Waals surface area contributed by atoms with E-state index in [-0.39, 0.29) is 30.0 Å². The van der Waals surface area contributed by atoms with Crippen molar-refractivity contribution in [3.8, 4) is 5.95 Å². The zero-order chi connectivity index (χ0) is 21.8. The van der Waals surface area contributed by atoms with Crippen LogP contribution in [0.3, 0.4) is 0 Å². The first-order chi connectivity index (χ1) is 15.1. The molecule has 1 amide bonds. The summed E-state index contributed by atoms with van der Waals surface area (Å²) in [6.45, 7) is 0.178. The molecule has 7 nitrogen and oxygen atoms in total. The number of anilines is 1. The van der Waals surface area contributed by atoms with Gasteiger partial charge in [-0.15, -0.1) is 0 Å². The average Bonchev–Trinajstić information content (AvgIpc) is 3.38. The van der Waals surface area contributed by atoms with Gasteiger partial charge in [0.25, 0.3) is 0 Å². The third-order valence-corrected chi connectivity index (χ3v) is 5.31. The molecule has 1 saturated heterocycles. The smallest absolute Gasteiger partial charge is 0.417 e. The standard InChI is InChI=1S/C24H23NO6/c1-28-22(26)20-18(14-13-16-9-5-3-6-10-16)21(31-23(20)29-2)25-19(15-30-24(25)27)17-11-7-4-8-12-17/h3-12,19H,13-15H2,1-2H3/t19-/m0/s1. The molecule has 1 aliphatic rings. The third kappa shape index (κ3) is 3.99. The van der Waals surface area contributed by atoms with Crippen molar-refractivity contribution in [2.45, 2.75) is 18.9 Å². The number of hydrogen-bond acceptors (Lipinski definition) is 6. The molecule has 0 aliphatic carbocycles. The molecule has 4 rings (SSSR count). The number of hydrogen-bond donors (Lipinski definition) is 0. The lowest BCUT2D eigenvalue weighted by molar-refractivity contribution is 0.0593. The molecule has 0 N–H and O–H groups in total. The first kappa shape index (κ1) is 20.5. The van der Waals surface area contributed by atoms with Crippen molar-refractivity contribution < 1.29 is 28.2 Å². The maximum Gasteiger partial charge on any atom is 0.417 e. The van der Waals surface area contributed by atoms with Gasteiger partial charge >= 0.3 is 18.0 Å². The summed E-state index contributed by atoms with van der Waals surface area (Å²) in [5.41, 5.74) is 2.72. The van der Waals surface area contributed by atoms with Crippen LogP contribution in [0.5, 0.6) is 5.95 Å². The summed E-state index contributed by atoms with van der Waals surface area (Å²) in [5.74, 6) is -0.334. The second kappa shape index (κ2) is 8.95. The van der Waals surface area contributed by atoms with Crippen LogP contribution in [-0.2, 0) is 22.3 Å². The highest BCUT2D eigenvalue weighted by molar-refractivity contribution is 5.98. The van der Waals surface area contributed by atoms with Gasteiger partial charge in [0.1, 0.15) is 18.2 Å². The van der Waals surface area contributed by atoms with E-state index < -0.39 is 12.1 Å². The summed E-state index contributed by atoms with van der Waals surface area (Å²) in [4.78, 5) is 26.8. The Morgan fingerprint density at radius 2 is 1.71 bits per heavy atom. The zero-order valence-corrected chi connectivity index (χ0v) is 17.4. The summed E-state index contributed by atoms with van der Waals surface area (Å²) in [6.07, 6.45) is 0.545. The molecular weight excluding hydrogens is 398 g/mol. The number of carbonyl (C=O) groups excluding carboxylic acids is 2. The van der Waals surface area contributed by atoms with Gasteiger partial charge in [0.15, 0.2) is 0 Å². The van der Waals surface area contributed by atoms with Crippen molar-refractivity contribution in [2.75, 3.05) is 25.7 Å². The molecule has 1 fully saturated rings. The minimum absolute atomic E-state index is 0.0106. The van der Waals surface area contributed by atoms with Gasteiger partial charge in [0, 0.05) is 5.56 Å². The van der Waals surface area contributed by atoms with Crippen molar-refractivity contribution >= 4 is 17.9 Å². The summed E-state index contributed by atoms with van der Waals surface area (Å²) >= 11 is 0. The van der Waals surface area contributed by atoms with Gasteiger partial charge in [-0.1, -0.05) is 60.7 Å². The van der Waals surface area contributed by atoms with Crippen LogP contribution in [0, 0.1) is 0 Å². The summed E-state index contributed by atoms with van der Waals surface area (Å²) < 4.78 is 21.6. The molecule has 0 bridgehead atoms. The normalized spacial score (nSPS) is 15.6. The van der Waals surface area contributed by atoms with E-state index in [0.717, 1.165) is 11.1 Å². The number of amides is 1. The molecule has 0 unspecified atom stereocenters. The van der Waals surface area contributed by atoms with E-state index in [1.807, 2.05) is 60.7 Å². The van der Waals surface area contributed by atoms with Gasteiger partial charge in [-0.3, -0.25) is 0 Å². The van der Waals surface area contributed by atoms with Crippen LogP contribution in [0.1, 0.15) is 33.1 Å². The number of benzene rings is 2. The molecular formula is C24H23NO6. The highest BCUT2D eigenvalue weighted by Crippen LogP contribution is 2.42. The molecule has 2 heterocycles. The molecule has 1 aromatic heterocycles. The fraction of sp³-hybridized carbons (Fsp3) is 0.250. The monoisotopic (exact) mass is 421 g/mol. The lowest BCUT2D eigenvalue weighted by Gasteiger charge is -2.20. The second-order valence-electron chi connectivity index (χ2n) is 7.10. The Hall–Kier alpha value is -3.74. The molecule has 1 aliphatic heterocycles. The van der Waals surface area contributed by atoms with E-state index in [1.54, 1.807) is 0 Å². The number of ether oxygens (including phenoxy) is 3. The molecule has 0 radical (unpaired) electrons. The molecule has 7 heteroatoms. The van der Waals surface area contributed by atoms with Gasteiger partial charge in [-0.25, -0.2) is 14.5 Å². The number of carbonyl (C=O) groups is 2. The quantitative estimate of drug-likeness (QED) is 0.521. The molecule has 0 saturated carbocycles. The van der Waals surface area contributed by atoms with Crippen molar-refractivity contribution in [1.82, 2.24) is 0 Å². The van der Waals surface area contributed by atoms with Crippen molar-refractivity contribution in [3.63, 3.8) is 0 Å². The summed E-state index contributed by atoms with van der Waals surface area (Å²) in [7, 11) is 2.71. The van der Waals surface area contributed by atoms with Gasteiger partial charge in [-0.05, 0) is 24.0 Å². The SMILES string of the molecule is COC(=O)c1c(OC)oc(N2C(=O)OC[C@H]2c2ccccc2)c1CCc1ccccc1. The van der Waals surface area contributed by atoms with Crippen molar-refractivity contribution in [2.24, 2.45) is 0 Å². The third-order valence-electron chi connectivity index (χ3n) is 5.31. The van der Waals surface area contributed by atoms with Crippen LogP contribution in [0.15, 0.2) is 65.1 Å². The maximum atomic E-state index is 12.7. The first-order valence-electron chi connectivity index (χ1n) is 9.96. The number of rotatable bonds is 7. The fourth-order valence-electron chi connectivity index (χ4n) is 3.79. The van der Waals surface area contributed by atoms with E-state index in [9.17, 15) is 9.59 Å². The van der Waals surface area contributed by atoms with E-state index in [1.165, 1.54) is 19.1 Å². The van der Waals surface area contributed by atoms with Crippen molar-refractivity contribution in [1.29, 1.82) is 0 Å². The second-order valence-corrected chi connectivity index (χ2v) is 7.10. The summed E-state index contributed by atoms with van der Waals surface area (Å²) in [5, 5.41) is 0. The Kier molecular flexibility index (Phi) is 5.93. The minimum Gasteiger partial charge on any atom is -0.468 e. The minimum atomic E-state index is -0.585. The zero-order valence-electron chi connectivity index (χ0n) is 17.4. The number of cyclic esters (lactones) is 1. The predicted molar refractivity (Wildman–Crippen MR) is 113 cm³/mol.